The van der Waals surface area contributed by atoms with E-state index < -0.39 is 0 Å². The number of para-hydroxylation sites is 1. The Hall–Kier alpha value is -2.03. The van der Waals surface area contributed by atoms with Gasteiger partial charge in [0.25, 0.3) is 0 Å². The van der Waals surface area contributed by atoms with Crippen molar-refractivity contribution < 1.29 is 4.79 Å². The summed E-state index contributed by atoms with van der Waals surface area (Å²) in [5.74, 6) is 1.31. The summed E-state index contributed by atoms with van der Waals surface area (Å²) >= 11 is 0. The number of allylic oxidation sites excluding steroid dienone is 2. The number of H-pyrrole nitrogens is 1. The number of carbonyl (C=O) groups excluding carboxylic acids is 1. The molecule has 1 atom stereocenters. The molecule has 2 aliphatic rings. The van der Waals surface area contributed by atoms with Crippen molar-refractivity contribution in [3.05, 3.63) is 48.2 Å². The Morgan fingerprint density at radius 2 is 1.86 bits per heavy atom. The number of aromatic amines is 1. The van der Waals surface area contributed by atoms with Crippen molar-refractivity contribution in [1.29, 1.82) is 0 Å². The van der Waals surface area contributed by atoms with Crippen LogP contribution in [-0.2, 0) is 11.2 Å². The van der Waals surface area contributed by atoms with E-state index in [4.69, 9.17) is 0 Å². The number of rotatable bonds is 6. The number of fused-ring (bicyclic) bond motifs is 1. The summed E-state index contributed by atoms with van der Waals surface area (Å²) in [4.78, 5) is 19.1. The molecular formula is C25H34N2O. The van der Waals surface area contributed by atoms with Crippen molar-refractivity contribution in [1.82, 2.24) is 9.88 Å². The van der Waals surface area contributed by atoms with Crippen LogP contribution >= 0.6 is 0 Å². The van der Waals surface area contributed by atoms with Gasteiger partial charge in [-0.2, -0.15) is 0 Å². The third-order valence-corrected chi connectivity index (χ3v) is 6.70. The summed E-state index contributed by atoms with van der Waals surface area (Å²) < 4.78 is 0. The van der Waals surface area contributed by atoms with E-state index in [2.05, 4.69) is 52.5 Å². The number of aromatic nitrogens is 1. The SMILES string of the molecule is O=C(C1CCCCCC1)N(CCc1c[nH]c2ccccc12)C[C@H]1CC=CCC1. The minimum absolute atomic E-state index is 0.254. The van der Waals surface area contributed by atoms with Crippen LogP contribution in [-0.4, -0.2) is 28.9 Å². The van der Waals surface area contributed by atoms with Crippen LogP contribution in [0.1, 0.15) is 63.4 Å². The Labute approximate surface area is 169 Å². The predicted molar refractivity (Wildman–Crippen MR) is 116 cm³/mol. The molecule has 1 aromatic heterocycles. The van der Waals surface area contributed by atoms with Gasteiger partial charge in [0.15, 0.2) is 0 Å². The van der Waals surface area contributed by atoms with Crippen LogP contribution < -0.4 is 0 Å². The Morgan fingerprint density at radius 3 is 2.64 bits per heavy atom. The molecule has 150 valence electrons. The van der Waals surface area contributed by atoms with Gasteiger partial charge < -0.3 is 9.88 Å². The molecule has 1 amide bonds. The van der Waals surface area contributed by atoms with E-state index in [1.54, 1.807) is 0 Å². The monoisotopic (exact) mass is 378 g/mol. The molecule has 28 heavy (non-hydrogen) atoms. The van der Waals surface area contributed by atoms with Crippen molar-refractivity contribution in [2.24, 2.45) is 11.8 Å². The first-order valence-corrected chi connectivity index (χ1v) is 11.3. The van der Waals surface area contributed by atoms with Crippen LogP contribution in [0, 0.1) is 11.8 Å². The van der Waals surface area contributed by atoms with Crippen LogP contribution in [0.5, 0.6) is 0 Å². The van der Waals surface area contributed by atoms with Crippen molar-refractivity contribution in [3.8, 4) is 0 Å². The molecule has 1 heterocycles. The highest BCUT2D eigenvalue weighted by molar-refractivity contribution is 5.83. The fraction of sp³-hybridized carbons (Fsp3) is 0.560. The van der Waals surface area contributed by atoms with Gasteiger partial charge in [0.05, 0.1) is 0 Å². The van der Waals surface area contributed by atoms with Gasteiger partial charge >= 0.3 is 0 Å². The van der Waals surface area contributed by atoms with Crippen LogP contribution in [0.2, 0.25) is 0 Å². The van der Waals surface area contributed by atoms with E-state index in [-0.39, 0.29) is 5.92 Å². The van der Waals surface area contributed by atoms with Crippen LogP contribution in [0.25, 0.3) is 10.9 Å². The standard InChI is InChI=1S/C25H34N2O/c28-25(21-12-6-1-2-7-13-21)27(19-20-10-4-3-5-11-20)17-16-22-18-26-24-15-9-8-14-23(22)24/h3-4,8-9,14-15,18,20-21,26H,1-2,5-7,10-13,16-17,19H2/t20-/m0/s1. The Balaban J connectivity index is 1.46. The summed E-state index contributed by atoms with van der Waals surface area (Å²) in [5, 5.41) is 1.30. The van der Waals surface area contributed by atoms with E-state index in [9.17, 15) is 4.79 Å². The number of benzene rings is 1. The first kappa shape index (κ1) is 19.3. The van der Waals surface area contributed by atoms with Gasteiger partial charge in [-0.05, 0) is 56.1 Å². The highest BCUT2D eigenvalue weighted by atomic mass is 16.2. The quantitative estimate of drug-likeness (QED) is 0.495. The van der Waals surface area contributed by atoms with Gasteiger partial charge in [-0.1, -0.05) is 56.0 Å². The smallest absolute Gasteiger partial charge is 0.225 e. The zero-order valence-electron chi connectivity index (χ0n) is 17.0. The highest BCUT2D eigenvalue weighted by Crippen LogP contribution is 2.27. The topological polar surface area (TPSA) is 36.1 Å². The summed E-state index contributed by atoms with van der Waals surface area (Å²) in [5.41, 5.74) is 2.52. The van der Waals surface area contributed by atoms with Crippen LogP contribution in [0.15, 0.2) is 42.6 Å². The molecule has 1 N–H and O–H groups in total. The van der Waals surface area contributed by atoms with Gasteiger partial charge in [0, 0.05) is 36.1 Å². The zero-order valence-corrected chi connectivity index (χ0v) is 17.0. The minimum Gasteiger partial charge on any atom is -0.361 e. The molecule has 2 aliphatic carbocycles. The average molecular weight is 379 g/mol. The summed E-state index contributed by atoms with van der Waals surface area (Å²) in [6.45, 7) is 1.78. The molecular weight excluding hydrogens is 344 g/mol. The maximum absolute atomic E-state index is 13.4. The largest absolute Gasteiger partial charge is 0.361 e. The van der Waals surface area contributed by atoms with Gasteiger partial charge in [0.1, 0.15) is 0 Å². The second-order valence-electron chi connectivity index (χ2n) is 8.73. The summed E-state index contributed by atoms with van der Waals surface area (Å²) in [7, 11) is 0. The molecule has 1 saturated carbocycles. The predicted octanol–water partition coefficient (Wildman–Crippen LogP) is 5.87. The lowest BCUT2D eigenvalue weighted by molar-refractivity contribution is -0.136. The molecule has 0 aliphatic heterocycles. The third-order valence-electron chi connectivity index (χ3n) is 6.70. The molecule has 0 saturated heterocycles. The van der Waals surface area contributed by atoms with E-state index in [1.165, 1.54) is 55.0 Å². The molecule has 1 fully saturated rings. The van der Waals surface area contributed by atoms with E-state index in [1.807, 2.05) is 0 Å². The van der Waals surface area contributed by atoms with Crippen molar-refractivity contribution >= 4 is 16.8 Å². The molecule has 2 aromatic rings. The molecule has 4 rings (SSSR count). The molecule has 0 spiro atoms. The summed E-state index contributed by atoms with van der Waals surface area (Å²) in [6.07, 6.45) is 18.4. The third kappa shape index (κ3) is 4.68. The number of amides is 1. The second-order valence-corrected chi connectivity index (χ2v) is 8.73. The number of hydrogen-bond donors (Lipinski definition) is 1. The molecule has 0 bridgehead atoms. The lowest BCUT2D eigenvalue weighted by Gasteiger charge is -2.31. The van der Waals surface area contributed by atoms with Crippen LogP contribution in [0.4, 0.5) is 0 Å². The van der Waals surface area contributed by atoms with Gasteiger partial charge in [-0.25, -0.2) is 0 Å². The number of nitrogens with zero attached hydrogens (tertiary/aromatic N) is 1. The molecule has 3 heteroatoms. The minimum atomic E-state index is 0.254. The number of nitrogens with one attached hydrogen (secondary N) is 1. The van der Waals surface area contributed by atoms with E-state index >= 15 is 0 Å². The summed E-state index contributed by atoms with van der Waals surface area (Å²) in [6, 6.07) is 8.48. The zero-order chi connectivity index (χ0) is 19.2. The Morgan fingerprint density at radius 1 is 1.04 bits per heavy atom. The fourth-order valence-corrected chi connectivity index (χ4v) is 5.00. The number of hydrogen-bond acceptors (Lipinski definition) is 1. The molecule has 0 radical (unpaired) electrons. The first-order valence-electron chi connectivity index (χ1n) is 11.3. The second kappa shape index (κ2) is 9.45. The highest BCUT2D eigenvalue weighted by Gasteiger charge is 2.27. The maximum Gasteiger partial charge on any atom is 0.225 e. The normalized spacial score (nSPS) is 20.9. The van der Waals surface area contributed by atoms with Gasteiger partial charge in [-0.3, -0.25) is 4.79 Å². The van der Waals surface area contributed by atoms with Crippen molar-refractivity contribution in [2.75, 3.05) is 13.1 Å². The lowest BCUT2D eigenvalue weighted by Crippen LogP contribution is -2.40. The first-order chi connectivity index (χ1) is 13.8. The van der Waals surface area contributed by atoms with Crippen LogP contribution in [0.3, 0.4) is 0 Å². The maximum atomic E-state index is 13.4. The van der Waals surface area contributed by atoms with Gasteiger partial charge in [-0.15, -0.1) is 0 Å². The molecule has 0 unspecified atom stereocenters. The van der Waals surface area contributed by atoms with Gasteiger partial charge in [0.2, 0.25) is 5.91 Å². The Bertz CT molecular complexity index is 798. The van der Waals surface area contributed by atoms with Crippen molar-refractivity contribution in [2.45, 2.75) is 64.2 Å². The average Bonchev–Trinajstić information content (AvgIpc) is 2.95. The van der Waals surface area contributed by atoms with Crippen molar-refractivity contribution in [3.63, 3.8) is 0 Å². The van der Waals surface area contributed by atoms with E-state index in [0.29, 0.717) is 11.8 Å². The van der Waals surface area contributed by atoms with E-state index in [0.717, 1.165) is 38.8 Å². The number of carbonyl (C=O) groups is 1. The fourth-order valence-electron chi connectivity index (χ4n) is 5.00. The molecule has 3 nitrogen and oxygen atoms in total. The molecule has 1 aromatic carbocycles. The lowest BCUT2D eigenvalue weighted by atomic mass is 9.92. The Kier molecular flexibility index (Phi) is 6.51.